The molecule has 0 bridgehead atoms. The van der Waals surface area contributed by atoms with Crippen LogP contribution < -0.4 is 0 Å². The molecule has 2 nitrogen and oxygen atoms in total. The molecular formula is C16H25NOY-2. The summed E-state index contributed by atoms with van der Waals surface area (Å²) in [7, 11) is 0. The van der Waals surface area contributed by atoms with Crippen LogP contribution >= 0.6 is 0 Å². The van der Waals surface area contributed by atoms with Crippen molar-refractivity contribution in [2.24, 2.45) is 0 Å². The van der Waals surface area contributed by atoms with E-state index >= 15 is 0 Å². The minimum atomic E-state index is -0.678. The summed E-state index contributed by atoms with van der Waals surface area (Å²) in [5, 5.41) is 10.7. The van der Waals surface area contributed by atoms with E-state index in [9.17, 15) is 5.11 Å². The fourth-order valence-electron chi connectivity index (χ4n) is 2.50. The molecular weight excluding hydrogens is 311 g/mol. The van der Waals surface area contributed by atoms with E-state index in [1.165, 1.54) is 0 Å². The molecule has 0 spiro atoms. The first-order valence-corrected chi connectivity index (χ1v) is 6.36. The molecule has 0 aliphatic carbocycles. The maximum atomic E-state index is 10.7. The van der Waals surface area contributed by atoms with E-state index in [-0.39, 0.29) is 45.7 Å². The monoisotopic (exact) mass is 336 g/mol. The molecule has 1 aromatic rings. The molecule has 0 saturated carbocycles. The van der Waals surface area contributed by atoms with Gasteiger partial charge in [-0.1, -0.05) is 0 Å². The third-order valence-electron chi connectivity index (χ3n) is 3.75. The fraction of sp³-hybridized carbons (Fsp3) is 0.562. The molecule has 105 valence electrons. The Morgan fingerprint density at radius 2 is 1.79 bits per heavy atom. The Morgan fingerprint density at radius 3 is 2.21 bits per heavy atom. The van der Waals surface area contributed by atoms with Gasteiger partial charge in [0.2, 0.25) is 0 Å². The van der Waals surface area contributed by atoms with Crippen LogP contribution in [0.2, 0.25) is 0 Å². The minimum Gasteiger partial charge on any atom is -0.387 e. The van der Waals surface area contributed by atoms with E-state index in [4.69, 9.17) is 0 Å². The third kappa shape index (κ3) is 4.63. The van der Waals surface area contributed by atoms with E-state index in [0.717, 1.165) is 31.5 Å². The zero-order valence-electron chi connectivity index (χ0n) is 12.6. The number of piperidine rings is 1. The van der Waals surface area contributed by atoms with E-state index < -0.39 is 5.60 Å². The molecule has 1 N–H and O–H groups in total. The van der Waals surface area contributed by atoms with Gasteiger partial charge in [-0.3, -0.25) is 4.90 Å². The summed E-state index contributed by atoms with van der Waals surface area (Å²) in [6, 6.07) is 10.9. The average molecular weight is 336 g/mol. The van der Waals surface area contributed by atoms with Gasteiger partial charge in [0.1, 0.15) is 0 Å². The first-order valence-electron chi connectivity index (χ1n) is 6.36. The van der Waals surface area contributed by atoms with Crippen LogP contribution in [-0.2, 0) is 38.3 Å². The van der Waals surface area contributed by atoms with Crippen molar-refractivity contribution in [1.82, 2.24) is 4.90 Å². The molecule has 0 aromatic heterocycles. The summed E-state index contributed by atoms with van der Waals surface area (Å²) in [4.78, 5) is 2.43. The van der Waals surface area contributed by atoms with Crippen molar-refractivity contribution < 1.29 is 37.8 Å². The fourth-order valence-corrected chi connectivity index (χ4v) is 2.50. The average Bonchev–Trinajstić information content (AvgIpc) is 2.29. The van der Waals surface area contributed by atoms with Gasteiger partial charge in [-0.25, -0.2) is 0 Å². The summed E-state index contributed by atoms with van der Waals surface area (Å²) in [6.07, 6.45) is 1.59. The predicted octanol–water partition coefficient (Wildman–Crippen LogP) is 3.02. The number of aliphatic hydroxyl groups is 1. The molecule has 1 heterocycles. The molecule has 0 atom stereocenters. The van der Waals surface area contributed by atoms with Gasteiger partial charge in [0.05, 0.1) is 5.60 Å². The molecule has 1 radical (unpaired) electrons. The van der Waals surface area contributed by atoms with Crippen molar-refractivity contribution in [3.63, 3.8) is 0 Å². The Morgan fingerprint density at radius 1 is 1.21 bits per heavy atom. The van der Waals surface area contributed by atoms with Crippen LogP contribution in [-0.4, -0.2) is 28.6 Å². The second-order valence-corrected chi connectivity index (χ2v) is 5.97. The SMILES string of the molecule is CC(C)(C)N1CCC(O)(c2[c-]cccc2)CC1.[CH3-].[Y]. The maximum Gasteiger partial charge on any atom is 0.0698 e. The number of benzene rings is 1. The van der Waals surface area contributed by atoms with Gasteiger partial charge >= 0.3 is 0 Å². The van der Waals surface area contributed by atoms with Crippen LogP contribution in [0.1, 0.15) is 39.2 Å². The maximum absolute atomic E-state index is 10.7. The Labute approximate surface area is 143 Å². The molecule has 1 saturated heterocycles. The van der Waals surface area contributed by atoms with Crippen LogP contribution in [0.25, 0.3) is 0 Å². The summed E-state index contributed by atoms with van der Waals surface area (Å²) >= 11 is 0. The van der Waals surface area contributed by atoms with Crippen LogP contribution in [0.3, 0.4) is 0 Å². The van der Waals surface area contributed by atoms with Crippen LogP contribution in [0.15, 0.2) is 24.3 Å². The minimum absolute atomic E-state index is 0. The first-order chi connectivity index (χ1) is 7.92. The van der Waals surface area contributed by atoms with Crippen molar-refractivity contribution in [3.05, 3.63) is 43.3 Å². The van der Waals surface area contributed by atoms with Crippen LogP contribution in [0, 0.1) is 13.5 Å². The van der Waals surface area contributed by atoms with Crippen LogP contribution in [0.5, 0.6) is 0 Å². The second-order valence-electron chi connectivity index (χ2n) is 5.97. The molecule has 0 amide bonds. The standard InChI is InChI=1S/C15H22NO.CH3.Y/c1-14(2,3)16-11-9-15(17,10-12-16)13-7-5-4-6-8-13;;/h4-7,17H,9-12H2,1-3H3;1H3;/q2*-1;. The number of hydrogen-bond donors (Lipinski definition) is 1. The molecule has 1 aliphatic rings. The Bertz CT molecular complexity index is 364. The van der Waals surface area contributed by atoms with Crippen molar-refractivity contribution >= 4 is 0 Å². The summed E-state index contributed by atoms with van der Waals surface area (Å²) < 4.78 is 0. The summed E-state index contributed by atoms with van der Waals surface area (Å²) in [5.74, 6) is 0. The van der Waals surface area contributed by atoms with E-state index in [0.29, 0.717) is 0 Å². The summed E-state index contributed by atoms with van der Waals surface area (Å²) in [5.41, 5.74) is 0.457. The number of likely N-dealkylation sites (tertiary alicyclic amines) is 1. The zero-order chi connectivity index (χ0) is 12.5. The van der Waals surface area contributed by atoms with Gasteiger partial charge in [-0.15, -0.1) is 5.56 Å². The van der Waals surface area contributed by atoms with Crippen molar-refractivity contribution in [2.75, 3.05) is 13.1 Å². The molecule has 2 rings (SSSR count). The molecule has 1 fully saturated rings. The molecule has 1 aliphatic heterocycles. The number of hydrogen-bond acceptors (Lipinski definition) is 2. The number of nitrogens with zero attached hydrogens (tertiary/aromatic N) is 1. The van der Waals surface area contributed by atoms with E-state index in [1.807, 2.05) is 24.3 Å². The Kier molecular flexibility index (Phi) is 7.40. The van der Waals surface area contributed by atoms with Gasteiger partial charge < -0.3 is 12.5 Å². The van der Waals surface area contributed by atoms with Gasteiger partial charge in [0.15, 0.2) is 0 Å². The Hall–Kier alpha value is 0.244. The molecule has 3 heteroatoms. The van der Waals surface area contributed by atoms with Gasteiger partial charge in [-0.2, -0.15) is 30.3 Å². The molecule has 1 aromatic carbocycles. The quantitative estimate of drug-likeness (QED) is 0.797. The molecule has 19 heavy (non-hydrogen) atoms. The van der Waals surface area contributed by atoms with Crippen molar-refractivity contribution in [3.8, 4) is 0 Å². The smallest absolute Gasteiger partial charge is 0.0698 e. The largest absolute Gasteiger partial charge is 0.387 e. The van der Waals surface area contributed by atoms with E-state index in [1.54, 1.807) is 0 Å². The van der Waals surface area contributed by atoms with Crippen LogP contribution in [0.4, 0.5) is 0 Å². The topological polar surface area (TPSA) is 23.5 Å². The normalized spacial score (nSPS) is 19.2. The van der Waals surface area contributed by atoms with Crippen molar-refractivity contribution in [1.29, 1.82) is 0 Å². The zero-order valence-corrected chi connectivity index (χ0v) is 15.4. The van der Waals surface area contributed by atoms with Gasteiger partial charge in [-0.05, 0) is 33.6 Å². The van der Waals surface area contributed by atoms with Gasteiger partial charge in [0.25, 0.3) is 0 Å². The second kappa shape index (κ2) is 7.31. The summed E-state index contributed by atoms with van der Waals surface area (Å²) in [6.45, 7) is 8.58. The number of rotatable bonds is 1. The van der Waals surface area contributed by atoms with Gasteiger partial charge in [0, 0.05) is 51.3 Å². The third-order valence-corrected chi connectivity index (χ3v) is 3.75. The van der Waals surface area contributed by atoms with Crippen molar-refractivity contribution in [2.45, 2.75) is 44.8 Å². The predicted molar refractivity (Wildman–Crippen MR) is 76.1 cm³/mol. The first kappa shape index (κ1) is 19.2. The Balaban J connectivity index is 0.00000162. The molecule has 0 unspecified atom stereocenters. The van der Waals surface area contributed by atoms with E-state index in [2.05, 4.69) is 31.7 Å².